The van der Waals surface area contributed by atoms with Crippen molar-refractivity contribution in [2.75, 3.05) is 0 Å². The second-order valence-corrected chi connectivity index (χ2v) is 4.52. The molecule has 3 rings (SSSR count). The van der Waals surface area contributed by atoms with Gasteiger partial charge < -0.3 is 4.74 Å². The lowest BCUT2D eigenvalue weighted by Crippen LogP contribution is -2.31. The number of alkyl halides is 3. The summed E-state index contributed by atoms with van der Waals surface area (Å²) in [6.07, 6.45) is -5.39. The SMILES string of the molecule is O=C1O[C@@H](c2ccccc2)[C@@H]2C[C@]12C(F)(F)F. The Kier molecular flexibility index (Phi) is 1.89. The maximum absolute atomic E-state index is 12.8. The number of hydrogen-bond acceptors (Lipinski definition) is 2. The summed E-state index contributed by atoms with van der Waals surface area (Å²) < 4.78 is 43.4. The summed E-state index contributed by atoms with van der Waals surface area (Å²) in [4.78, 5) is 11.4. The van der Waals surface area contributed by atoms with Crippen molar-refractivity contribution in [3.63, 3.8) is 0 Å². The van der Waals surface area contributed by atoms with E-state index in [1.54, 1.807) is 30.3 Å². The Labute approximate surface area is 95.4 Å². The van der Waals surface area contributed by atoms with Crippen LogP contribution in [0.4, 0.5) is 13.2 Å². The molecule has 1 aliphatic heterocycles. The third-order valence-corrected chi connectivity index (χ3v) is 3.61. The summed E-state index contributed by atoms with van der Waals surface area (Å²) in [5.41, 5.74) is -1.59. The van der Waals surface area contributed by atoms with Gasteiger partial charge >= 0.3 is 12.1 Å². The molecular formula is C12H9F3O2. The van der Waals surface area contributed by atoms with E-state index < -0.39 is 29.6 Å². The van der Waals surface area contributed by atoms with Crippen molar-refractivity contribution in [3.05, 3.63) is 35.9 Å². The first-order valence-corrected chi connectivity index (χ1v) is 5.29. The van der Waals surface area contributed by atoms with Crippen LogP contribution in [0.15, 0.2) is 30.3 Å². The van der Waals surface area contributed by atoms with E-state index in [2.05, 4.69) is 0 Å². The summed E-state index contributed by atoms with van der Waals surface area (Å²) in [5, 5.41) is 0. The molecule has 90 valence electrons. The average Bonchev–Trinajstić information content (AvgIpc) is 2.97. The van der Waals surface area contributed by atoms with Crippen molar-refractivity contribution < 1.29 is 22.7 Å². The largest absolute Gasteiger partial charge is 0.456 e. The lowest BCUT2D eigenvalue weighted by atomic mass is 10.00. The summed E-state index contributed by atoms with van der Waals surface area (Å²) in [6, 6.07) is 8.58. The third-order valence-electron chi connectivity index (χ3n) is 3.61. The Morgan fingerprint density at radius 1 is 1.24 bits per heavy atom. The van der Waals surface area contributed by atoms with Crippen molar-refractivity contribution in [2.24, 2.45) is 11.3 Å². The Morgan fingerprint density at radius 3 is 2.35 bits per heavy atom. The van der Waals surface area contributed by atoms with Crippen LogP contribution >= 0.6 is 0 Å². The number of carbonyl (C=O) groups is 1. The standard InChI is InChI=1S/C12H9F3O2/c13-12(14,15)11-6-8(11)9(17-10(11)16)7-4-2-1-3-5-7/h1-5,8-9H,6H2/t8-,9-,11+/m0/s1. The number of fused-ring (bicyclic) bond motifs is 1. The van der Waals surface area contributed by atoms with Gasteiger partial charge in [0.1, 0.15) is 6.10 Å². The number of rotatable bonds is 1. The highest BCUT2D eigenvalue weighted by atomic mass is 19.4. The fourth-order valence-electron chi connectivity index (χ4n) is 2.58. The fourth-order valence-corrected chi connectivity index (χ4v) is 2.58. The number of hydrogen-bond donors (Lipinski definition) is 0. The number of carbonyl (C=O) groups excluding carboxylic acids is 1. The van der Waals surface area contributed by atoms with Crippen LogP contribution in [-0.2, 0) is 9.53 Å². The highest BCUT2D eigenvalue weighted by Gasteiger charge is 2.82. The summed E-state index contributed by atoms with van der Waals surface area (Å²) in [5.74, 6) is -1.87. The van der Waals surface area contributed by atoms with Gasteiger partial charge in [-0.25, -0.2) is 0 Å². The van der Waals surface area contributed by atoms with Gasteiger partial charge in [0.05, 0.1) is 0 Å². The molecule has 5 heteroatoms. The molecule has 2 nitrogen and oxygen atoms in total. The Hall–Kier alpha value is -1.52. The number of benzene rings is 1. The fraction of sp³-hybridized carbons (Fsp3) is 0.417. The zero-order chi connectivity index (χ0) is 12.3. The zero-order valence-electron chi connectivity index (χ0n) is 8.70. The molecule has 0 spiro atoms. The highest BCUT2D eigenvalue weighted by Crippen LogP contribution is 2.71. The van der Waals surface area contributed by atoms with Crippen LogP contribution in [0.25, 0.3) is 0 Å². The molecule has 0 amide bonds. The van der Waals surface area contributed by atoms with Gasteiger partial charge in [-0.3, -0.25) is 4.79 Å². The third kappa shape index (κ3) is 1.25. The molecule has 2 fully saturated rings. The summed E-state index contributed by atoms with van der Waals surface area (Å²) in [7, 11) is 0. The van der Waals surface area contributed by atoms with E-state index in [-0.39, 0.29) is 6.42 Å². The molecule has 0 radical (unpaired) electrons. The molecule has 1 saturated heterocycles. The topological polar surface area (TPSA) is 26.3 Å². The highest BCUT2D eigenvalue weighted by molar-refractivity contribution is 5.85. The number of ether oxygens (including phenoxy) is 1. The minimum absolute atomic E-state index is 0.144. The zero-order valence-corrected chi connectivity index (χ0v) is 8.70. The second-order valence-electron chi connectivity index (χ2n) is 4.52. The predicted molar refractivity (Wildman–Crippen MR) is 51.9 cm³/mol. The van der Waals surface area contributed by atoms with Crippen LogP contribution in [0.3, 0.4) is 0 Å². The lowest BCUT2D eigenvalue weighted by Gasteiger charge is -2.13. The molecule has 1 aliphatic carbocycles. The van der Waals surface area contributed by atoms with Gasteiger partial charge in [-0.2, -0.15) is 13.2 Å². The van der Waals surface area contributed by atoms with Gasteiger partial charge in [-0.15, -0.1) is 0 Å². The van der Waals surface area contributed by atoms with E-state index in [0.29, 0.717) is 5.56 Å². The molecule has 0 aromatic heterocycles. The minimum Gasteiger partial charge on any atom is -0.456 e. The van der Waals surface area contributed by atoms with Gasteiger partial charge in [-0.05, 0) is 12.0 Å². The van der Waals surface area contributed by atoms with Crippen molar-refractivity contribution in [1.29, 1.82) is 0 Å². The van der Waals surface area contributed by atoms with E-state index in [4.69, 9.17) is 4.74 Å². The molecule has 3 atom stereocenters. The average molecular weight is 242 g/mol. The summed E-state index contributed by atoms with van der Waals surface area (Å²) >= 11 is 0. The number of esters is 1. The molecule has 1 aromatic rings. The Balaban J connectivity index is 1.94. The van der Waals surface area contributed by atoms with Crippen LogP contribution in [0.1, 0.15) is 18.1 Å². The molecule has 17 heavy (non-hydrogen) atoms. The molecule has 0 unspecified atom stereocenters. The van der Waals surface area contributed by atoms with E-state index in [0.717, 1.165) is 0 Å². The van der Waals surface area contributed by atoms with Crippen molar-refractivity contribution in [2.45, 2.75) is 18.7 Å². The minimum atomic E-state index is -4.50. The first-order chi connectivity index (χ1) is 7.97. The van der Waals surface area contributed by atoms with Crippen molar-refractivity contribution in [1.82, 2.24) is 0 Å². The maximum Gasteiger partial charge on any atom is 0.405 e. The summed E-state index contributed by atoms with van der Waals surface area (Å²) in [6.45, 7) is 0. The Bertz CT molecular complexity index is 468. The van der Waals surface area contributed by atoms with Crippen molar-refractivity contribution in [3.8, 4) is 0 Å². The van der Waals surface area contributed by atoms with Crippen LogP contribution in [0.5, 0.6) is 0 Å². The van der Waals surface area contributed by atoms with Gasteiger partial charge in [-0.1, -0.05) is 30.3 Å². The quantitative estimate of drug-likeness (QED) is 0.708. The first-order valence-electron chi connectivity index (χ1n) is 5.29. The Morgan fingerprint density at radius 2 is 1.88 bits per heavy atom. The van der Waals surface area contributed by atoms with Gasteiger partial charge in [0.25, 0.3) is 0 Å². The number of halogens is 3. The van der Waals surface area contributed by atoms with Gasteiger partial charge in [0, 0.05) is 5.92 Å². The molecule has 1 aromatic carbocycles. The maximum atomic E-state index is 12.8. The monoisotopic (exact) mass is 242 g/mol. The second kappa shape index (κ2) is 3.03. The van der Waals surface area contributed by atoms with Crippen molar-refractivity contribution >= 4 is 5.97 Å². The smallest absolute Gasteiger partial charge is 0.405 e. The van der Waals surface area contributed by atoms with Crippen LogP contribution in [0, 0.1) is 11.3 Å². The molecule has 1 heterocycles. The molecule has 2 aliphatic rings. The normalized spacial score (nSPS) is 35.4. The predicted octanol–water partition coefficient (Wildman–Crippen LogP) is 2.85. The molecule has 1 saturated carbocycles. The molecular weight excluding hydrogens is 233 g/mol. The van der Waals surface area contributed by atoms with Crippen LogP contribution < -0.4 is 0 Å². The number of cyclic esters (lactones) is 1. The van der Waals surface area contributed by atoms with Gasteiger partial charge in [0.2, 0.25) is 0 Å². The van der Waals surface area contributed by atoms with Crippen LogP contribution in [0.2, 0.25) is 0 Å². The molecule has 0 bridgehead atoms. The van der Waals surface area contributed by atoms with Gasteiger partial charge in [0.15, 0.2) is 5.41 Å². The van der Waals surface area contributed by atoms with E-state index in [1.807, 2.05) is 0 Å². The van der Waals surface area contributed by atoms with E-state index in [9.17, 15) is 18.0 Å². The first kappa shape index (κ1) is 10.6. The van der Waals surface area contributed by atoms with E-state index in [1.165, 1.54) is 0 Å². The lowest BCUT2D eigenvalue weighted by molar-refractivity contribution is -0.199. The van der Waals surface area contributed by atoms with E-state index >= 15 is 0 Å². The van der Waals surface area contributed by atoms with Crippen LogP contribution in [-0.4, -0.2) is 12.1 Å². The molecule has 0 N–H and O–H groups in total.